The molecule has 0 fully saturated rings. The van der Waals surface area contributed by atoms with Crippen molar-refractivity contribution in [3.8, 4) is 56.4 Å². The van der Waals surface area contributed by atoms with Gasteiger partial charge in [-0.25, -0.2) is 0 Å². The molecule has 0 amide bonds. The molecule has 0 spiro atoms. The van der Waals surface area contributed by atoms with Crippen LogP contribution in [0.3, 0.4) is 0 Å². The predicted octanol–water partition coefficient (Wildman–Crippen LogP) is 21.8. The second-order valence-electron chi connectivity index (χ2n) is 25.9. The van der Waals surface area contributed by atoms with Gasteiger partial charge in [0.05, 0.1) is 40.8 Å². The summed E-state index contributed by atoms with van der Waals surface area (Å²) in [5.74, 6) is 2.99. The third-order valence-electron chi connectivity index (χ3n) is 15.8. The average Bonchev–Trinajstić information content (AvgIpc) is 2.39. The predicted molar refractivity (Wildman–Crippen MR) is 344 cm³/mol. The zero-order valence-electron chi connectivity index (χ0n) is 51.3. The maximum Gasteiger partial charge on any atom is 0.221 e. The second kappa shape index (κ2) is 22.2. The van der Waals surface area contributed by atoms with E-state index >= 15 is 0 Å². The monoisotopic (exact) mass is 1130 g/mol. The number of aryl methyl sites for hydroxylation is 2. The van der Waals surface area contributed by atoms with E-state index < -0.39 is 16.0 Å². The lowest BCUT2D eigenvalue weighted by Gasteiger charge is -2.24. The molecule has 82 heavy (non-hydrogen) atoms. The zero-order chi connectivity index (χ0) is 58.8. The summed E-state index contributed by atoms with van der Waals surface area (Å²) in [6.07, 6.45) is 0.899. The highest BCUT2D eigenvalue weighted by Gasteiger charge is 2.31. The quantitative estimate of drug-likeness (QED) is 0.127. The topological polar surface area (TPSA) is 89.5 Å². The van der Waals surface area contributed by atoms with E-state index in [4.69, 9.17) is 35.7 Å². The Morgan fingerprint density at radius 3 is 0.829 bits per heavy atom. The Labute approximate surface area is 486 Å². The smallest absolute Gasteiger partial charge is 0.221 e. The fourth-order valence-electron chi connectivity index (χ4n) is 11.5. The Bertz CT molecular complexity index is 3700. The maximum absolute atomic E-state index is 7.62. The Balaban J connectivity index is 1.36. The highest BCUT2D eigenvalue weighted by atomic mass is 31.1. The van der Waals surface area contributed by atoms with Gasteiger partial charge >= 0.3 is 0 Å². The van der Waals surface area contributed by atoms with Crippen LogP contribution in [0.1, 0.15) is 128 Å². The lowest BCUT2D eigenvalue weighted by molar-refractivity contribution is 0.413. The average molecular weight is 1140 g/mol. The van der Waals surface area contributed by atoms with Gasteiger partial charge in [0.2, 0.25) is 16.0 Å². The molecule has 0 saturated carbocycles. The molecule has 0 saturated heterocycles. The highest BCUT2D eigenvalue weighted by Crippen LogP contribution is 2.53. The molecule has 0 atom stereocenters. The van der Waals surface area contributed by atoms with Crippen molar-refractivity contribution in [2.24, 2.45) is 0 Å². The molecule has 10 heteroatoms. The van der Waals surface area contributed by atoms with Gasteiger partial charge in [-0.2, -0.15) is 0 Å². The summed E-state index contributed by atoms with van der Waals surface area (Å²) in [7, 11) is 3.38. The van der Waals surface area contributed by atoms with Gasteiger partial charge in [-0.15, -0.1) is 0 Å². The molecular weight excluding hydrogens is 1050 g/mol. The number of hydrogen-bond acceptors (Lipinski definition) is 8. The summed E-state index contributed by atoms with van der Waals surface area (Å²) in [6, 6.07) is 47.5. The minimum Gasteiger partial charge on any atom is -0.497 e. The van der Waals surface area contributed by atoms with E-state index in [0.29, 0.717) is 12.3 Å². The molecule has 10 aromatic rings. The van der Waals surface area contributed by atoms with Gasteiger partial charge in [0.15, 0.2) is 0 Å². The van der Waals surface area contributed by atoms with Crippen molar-refractivity contribution in [1.82, 2.24) is 0 Å². The van der Waals surface area contributed by atoms with Gasteiger partial charge in [-0.3, -0.25) is 0 Å². The Morgan fingerprint density at radius 1 is 0.341 bits per heavy atom. The normalized spacial score (nSPS) is 12.4. The fraction of sp³-hybridized carbons (Fsp3) is 0.333. The maximum atomic E-state index is 7.62. The summed E-state index contributed by atoms with van der Waals surface area (Å²) < 4.78 is 54.7. The number of methoxy groups -OCH3 is 4. The number of fused-ring (bicyclic) bond motifs is 6. The first-order valence-electron chi connectivity index (χ1n) is 28.3. The summed E-state index contributed by atoms with van der Waals surface area (Å²) in [4.78, 5) is 0. The lowest BCUT2D eigenvalue weighted by atomic mass is 9.83. The molecular formula is C72H80O8P2. The van der Waals surface area contributed by atoms with Gasteiger partial charge in [0.1, 0.15) is 45.3 Å². The molecule has 10 rings (SSSR count). The molecule has 0 radical (unpaired) electrons. The molecule has 8 nitrogen and oxygen atoms in total. The van der Waals surface area contributed by atoms with Crippen LogP contribution in [0.25, 0.3) is 77.3 Å². The third kappa shape index (κ3) is 11.2. The Hall–Kier alpha value is -7.24. The van der Waals surface area contributed by atoms with Crippen LogP contribution in [0, 0.1) is 13.8 Å². The van der Waals surface area contributed by atoms with Crippen LogP contribution in [-0.4, -0.2) is 28.4 Å². The fourth-order valence-corrected chi connectivity index (χ4v) is 14.6. The van der Waals surface area contributed by atoms with Gasteiger partial charge in [0.25, 0.3) is 0 Å². The van der Waals surface area contributed by atoms with E-state index in [2.05, 4.69) is 230 Å². The van der Waals surface area contributed by atoms with Crippen molar-refractivity contribution in [3.63, 3.8) is 0 Å². The van der Waals surface area contributed by atoms with Crippen LogP contribution < -0.4 is 18.9 Å². The number of rotatable bonds is 11. The molecule has 2 aromatic heterocycles. The first kappa shape index (κ1) is 58.0. The van der Waals surface area contributed by atoms with Crippen molar-refractivity contribution in [3.05, 3.63) is 178 Å². The van der Waals surface area contributed by atoms with Gasteiger partial charge in [0, 0.05) is 43.8 Å². The van der Waals surface area contributed by atoms with E-state index in [0.717, 1.165) is 145 Å². The minimum atomic E-state index is -1.76. The van der Waals surface area contributed by atoms with Crippen molar-refractivity contribution >= 4 is 59.9 Å². The van der Waals surface area contributed by atoms with E-state index in [1.54, 1.807) is 28.4 Å². The van der Waals surface area contributed by atoms with Gasteiger partial charge in [-0.1, -0.05) is 168 Å². The zero-order valence-corrected chi connectivity index (χ0v) is 53.1. The van der Waals surface area contributed by atoms with Crippen LogP contribution in [0.2, 0.25) is 0 Å². The molecule has 0 aliphatic heterocycles. The lowest BCUT2D eigenvalue weighted by Crippen LogP contribution is -2.12. The third-order valence-corrected chi connectivity index (χ3v) is 18.5. The molecule has 426 valence electrons. The van der Waals surface area contributed by atoms with E-state index in [9.17, 15) is 0 Å². The first-order chi connectivity index (χ1) is 38.8. The SMILES string of the molecule is COc1cc(C(C)(C)C)c2op(Cc3c(-c4ccccc4)ccc(C)c3-c3c(C)ccc(-c4ccccc4)c3Cp3oc4c(C(C)(C)C)cc(OC)cc4c4cc(OC)cc(C(C)(C)C)c4o3)oc3c(C(C)(C)C)cc(OC)cc3c2c1. The molecule has 0 N–H and O–H groups in total. The molecule has 0 aliphatic carbocycles. The molecule has 0 unspecified atom stereocenters. The molecule has 8 aromatic carbocycles. The van der Waals surface area contributed by atoms with Crippen LogP contribution in [0.4, 0.5) is 0 Å². The summed E-state index contributed by atoms with van der Waals surface area (Å²) >= 11 is 0. The van der Waals surface area contributed by atoms with E-state index in [1.165, 1.54) is 0 Å². The van der Waals surface area contributed by atoms with Crippen LogP contribution in [0.15, 0.2) is 150 Å². The van der Waals surface area contributed by atoms with Gasteiger partial charge < -0.3 is 35.7 Å². The van der Waals surface area contributed by atoms with Crippen molar-refractivity contribution in [2.75, 3.05) is 28.4 Å². The van der Waals surface area contributed by atoms with E-state index in [-0.39, 0.29) is 21.7 Å². The summed E-state index contributed by atoms with van der Waals surface area (Å²) in [5, 5.41) is 3.63. The molecule has 0 aliphatic rings. The molecule has 2 heterocycles. The summed E-state index contributed by atoms with van der Waals surface area (Å²) in [5.41, 5.74) is 17.2. The van der Waals surface area contributed by atoms with Crippen LogP contribution >= 0.6 is 16.0 Å². The van der Waals surface area contributed by atoms with Crippen LogP contribution in [0.5, 0.6) is 23.0 Å². The first-order valence-corrected chi connectivity index (χ1v) is 31.1. The summed E-state index contributed by atoms with van der Waals surface area (Å²) in [6.45, 7) is 31.2. The number of hydrogen-bond donors (Lipinski definition) is 0. The standard InChI is InChI=1S/C72H80O8P2/c1-43-29-31-51(45-25-21-19-22-26-45)57(41-81-77-65-53(33-47(73-15)37-59(65)69(3,4)5)54-34-48(74-16)38-60(66(54)78-81)70(6,7)8)63(43)64-44(2)30-32-52(46-27-23-20-24-28-46)58(64)42-82-79-67-55(35-49(75-17)39-61(67)71(9,10)11)56-36-50(76-18)40-62(68(56)80-82)72(12,13)14/h19-40H,41-42H2,1-18H3. The second-order valence-corrected chi connectivity index (χ2v) is 28.5. The van der Waals surface area contributed by atoms with Crippen molar-refractivity contribution in [2.45, 2.75) is 131 Å². The Morgan fingerprint density at radius 2 is 0.598 bits per heavy atom. The minimum absolute atomic E-state index is 0.326. The number of benzene rings is 8. The highest BCUT2D eigenvalue weighted by molar-refractivity contribution is 7.36. The van der Waals surface area contributed by atoms with Gasteiger partial charge in [-0.05, 0) is 140 Å². The van der Waals surface area contributed by atoms with Crippen LogP contribution in [-0.2, 0) is 34.0 Å². The molecule has 0 bridgehead atoms. The largest absolute Gasteiger partial charge is 0.497 e. The van der Waals surface area contributed by atoms with Crippen molar-refractivity contribution in [1.29, 1.82) is 0 Å². The Kier molecular flexibility index (Phi) is 15.7. The van der Waals surface area contributed by atoms with E-state index in [1.807, 2.05) is 0 Å². The van der Waals surface area contributed by atoms with Crippen molar-refractivity contribution < 1.29 is 35.7 Å². The number of ether oxygens (including phenoxy) is 4.